The number of rotatable bonds is 6. The molecule has 6 aromatic rings. The van der Waals surface area contributed by atoms with Gasteiger partial charge >= 0.3 is 6.18 Å². The summed E-state index contributed by atoms with van der Waals surface area (Å²) in [6.07, 6.45) is -3.38. The summed E-state index contributed by atoms with van der Waals surface area (Å²) >= 11 is 0. The first-order chi connectivity index (χ1) is 21.1. The maximum absolute atomic E-state index is 14.2. The predicted octanol–water partition coefficient (Wildman–Crippen LogP) is 7.89. The molecule has 0 unspecified atom stereocenters. The van der Waals surface area contributed by atoms with Crippen molar-refractivity contribution in [1.29, 1.82) is 0 Å². The van der Waals surface area contributed by atoms with Gasteiger partial charge < -0.3 is 10.6 Å². The van der Waals surface area contributed by atoms with Gasteiger partial charge in [0, 0.05) is 23.1 Å². The van der Waals surface area contributed by atoms with Crippen LogP contribution in [0, 0.1) is 17.5 Å². The van der Waals surface area contributed by atoms with E-state index in [-0.39, 0.29) is 39.7 Å². The number of hydrogen-bond donors (Lipinski definition) is 2. The Morgan fingerprint density at radius 3 is 2.25 bits per heavy atom. The Balaban J connectivity index is 1.47. The van der Waals surface area contributed by atoms with Crippen molar-refractivity contribution in [3.63, 3.8) is 0 Å². The van der Waals surface area contributed by atoms with Crippen LogP contribution in [0.1, 0.15) is 16.1 Å². The molecule has 44 heavy (non-hydrogen) atoms. The molecule has 7 nitrogen and oxygen atoms in total. The maximum atomic E-state index is 14.2. The number of anilines is 3. The van der Waals surface area contributed by atoms with E-state index in [0.717, 1.165) is 28.8 Å². The van der Waals surface area contributed by atoms with Gasteiger partial charge in [-0.05, 0) is 60.7 Å². The van der Waals surface area contributed by atoms with Crippen LogP contribution in [0.15, 0.2) is 97.2 Å². The van der Waals surface area contributed by atoms with Crippen LogP contribution in [0.3, 0.4) is 0 Å². The van der Waals surface area contributed by atoms with Gasteiger partial charge in [-0.15, -0.1) is 0 Å². The standard InChI is InChI=1S/C31H18F6N6O/c32-18-6-2-8-20(16-18)40-30-38-14-13-23(41-30)27-24-11-4-12-25(31(35,36)37)43(24)42-28(27)17-5-1-7-19(15-17)39-29(44)26-21(33)9-3-10-22(26)34/h1-16H,(H,39,44)(H,38,40,41). The molecule has 6 rings (SSSR count). The number of aromatic nitrogens is 4. The van der Waals surface area contributed by atoms with Gasteiger partial charge in [-0.2, -0.15) is 18.3 Å². The van der Waals surface area contributed by atoms with E-state index < -0.39 is 40.8 Å². The summed E-state index contributed by atoms with van der Waals surface area (Å²) in [6.45, 7) is 0. The van der Waals surface area contributed by atoms with Crippen LogP contribution in [0.4, 0.5) is 43.7 Å². The molecule has 0 aliphatic carbocycles. The Morgan fingerprint density at radius 2 is 1.50 bits per heavy atom. The maximum Gasteiger partial charge on any atom is 0.433 e. The smallest absolute Gasteiger partial charge is 0.324 e. The molecule has 220 valence electrons. The minimum Gasteiger partial charge on any atom is -0.324 e. The Bertz CT molecular complexity index is 2020. The summed E-state index contributed by atoms with van der Waals surface area (Å²) in [6, 6.07) is 19.5. The average molecular weight is 605 g/mol. The number of amides is 1. The predicted molar refractivity (Wildman–Crippen MR) is 151 cm³/mol. The lowest BCUT2D eigenvalue weighted by molar-refractivity contribution is -0.142. The normalized spacial score (nSPS) is 11.5. The number of carbonyl (C=O) groups is 1. The minimum absolute atomic E-state index is 0.0401. The number of pyridine rings is 1. The Labute approximate surface area is 244 Å². The summed E-state index contributed by atoms with van der Waals surface area (Å²) in [4.78, 5) is 21.3. The summed E-state index contributed by atoms with van der Waals surface area (Å²) in [5.74, 6) is -3.64. The van der Waals surface area contributed by atoms with Gasteiger partial charge in [-0.3, -0.25) is 4.79 Å². The molecule has 0 saturated heterocycles. The van der Waals surface area contributed by atoms with Gasteiger partial charge in [0.25, 0.3) is 5.91 Å². The molecule has 1 amide bonds. The van der Waals surface area contributed by atoms with Crippen molar-refractivity contribution in [2.24, 2.45) is 0 Å². The van der Waals surface area contributed by atoms with E-state index in [4.69, 9.17) is 0 Å². The van der Waals surface area contributed by atoms with E-state index in [1.54, 1.807) is 12.1 Å². The molecule has 0 saturated carbocycles. The molecule has 0 spiro atoms. The lowest BCUT2D eigenvalue weighted by Gasteiger charge is -2.10. The third kappa shape index (κ3) is 5.54. The van der Waals surface area contributed by atoms with E-state index in [9.17, 15) is 31.1 Å². The molecule has 3 aromatic carbocycles. The average Bonchev–Trinajstić information content (AvgIpc) is 3.37. The summed E-state index contributed by atoms with van der Waals surface area (Å²) in [5.41, 5.74) is -0.618. The van der Waals surface area contributed by atoms with Crippen LogP contribution in [0.5, 0.6) is 0 Å². The number of benzene rings is 3. The fourth-order valence-corrected chi connectivity index (χ4v) is 4.64. The van der Waals surface area contributed by atoms with Crippen LogP contribution >= 0.6 is 0 Å². The van der Waals surface area contributed by atoms with Crippen molar-refractivity contribution < 1.29 is 31.1 Å². The quantitative estimate of drug-likeness (QED) is 0.189. The third-order valence-electron chi connectivity index (χ3n) is 6.52. The van der Waals surface area contributed by atoms with Crippen LogP contribution in [0.25, 0.3) is 28.0 Å². The van der Waals surface area contributed by atoms with Crippen molar-refractivity contribution in [2.75, 3.05) is 10.6 Å². The van der Waals surface area contributed by atoms with Crippen molar-refractivity contribution >= 4 is 28.7 Å². The molecule has 0 radical (unpaired) electrons. The van der Waals surface area contributed by atoms with E-state index in [1.165, 1.54) is 60.8 Å². The lowest BCUT2D eigenvalue weighted by atomic mass is 10.0. The number of carbonyl (C=O) groups excluding carboxylic acids is 1. The highest BCUT2D eigenvalue weighted by Crippen LogP contribution is 2.38. The number of nitrogens with one attached hydrogen (secondary N) is 2. The zero-order valence-electron chi connectivity index (χ0n) is 22.2. The summed E-state index contributed by atoms with van der Waals surface area (Å²) < 4.78 is 84.8. The van der Waals surface area contributed by atoms with Gasteiger partial charge in [-0.1, -0.05) is 30.3 Å². The van der Waals surface area contributed by atoms with Crippen LogP contribution in [0.2, 0.25) is 0 Å². The van der Waals surface area contributed by atoms with Crippen LogP contribution < -0.4 is 10.6 Å². The zero-order valence-corrected chi connectivity index (χ0v) is 22.2. The molecule has 3 heterocycles. The number of halogens is 6. The number of fused-ring (bicyclic) bond motifs is 1. The molecular weight excluding hydrogens is 586 g/mol. The second-order valence-corrected chi connectivity index (χ2v) is 9.46. The van der Waals surface area contributed by atoms with Gasteiger partial charge in [0.05, 0.1) is 16.8 Å². The van der Waals surface area contributed by atoms with Gasteiger partial charge in [0.15, 0.2) is 0 Å². The molecule has 0 fully saturated rings. The van der Waals surface area contributed by atoms with E-state index in [2.05, 4.69) is 25.7 Å². The summed E-state index contributed by atoms with van der Waals surface area (Å²) in [7, 11) is 0. The molecular formula is C31H18F6N6O. The lowest BCUT2D eigenvalue weighted by Crippen LogP contribution is -2.15. The molecule has 0 atom stereocenters. The first-order valence-corrected chi connectivity index (χ1v) is 12.9. The van der Waals surface area contributed by atoms with Gasteiger partial charge in [0.2, 0.25) is 5.95 Å². The van der Waals surface area contributed by atoms with Crippen LogP contribution in [-0.2, 0) is 6.18 Å². The first kappa shape index (κ1) is 28.4. The molecule has 0 bridgehead atoms. The monoisotopic (exact) mass is 604 g/mol. The minimum atomic E-state index is -4.75. The van der Waals surface area contributed by atoms with Crippen molar-refractivity contribution in [1.82, 2.24) is 19.6 Å². The van der Waals surface area contributed by atoms with Crippen molar-refractivity contribution in [3.05, 3.63) is 126 Å². The van der Waals surface area contributed by atoms with Crippen molar-refractivity contribution in [2.45, 2.75) is 6.18 Å². The topological polar surface area (TPSA) is 84.2 Å². The number of alkyl halides is 3. The summed E-state index contributed by atoms with van der Waals surface area (Å²) in [5, 5.41) is 9.58. The number of nitrogens with zero attached hydrogens (tertiary/aromatic N) is 4. The van der Waals surface area contributed by atoms with Gasteiger partial charge in [-0.25, -0.2) is 27.7 Å². The molecule has 13 heteroatoms. The highest BCUT2D eigenvalue weighted by Gasteiger charge is 2.35. The molecule has 0 aliphatic rings. The Kier molecular flexibility index (Phi) is 7.21. The third-order valence-corrected chi connectivity index (χ3v) is 6.52. The van der Waals surface area contributed by atoms with Gasteiger partial charge in [0.1, 0.15) is 34.4 Å². The fraction of sp³-hybridized carbons (Fsp3) is 0.0323. The van der Waals surface area contributed by atoms with Crippen molar-refractivity contribution in [3.8, 4) is 22.5 Å². The van der Waals surface area contributed by atoms with Crippen LogP contribution in [-0.4, -0.2) is 25.5 Å². The Hall–Kier alpha value is -5.72. The Morgan fingerprint density at radius 1 is 0.795 bits per heavy atom. The highest BCUT2D eigenvalue weighted by molar-refractivity contribution is 6.05. The molecule has 0 aliphatic heterocycles. The second kappa shape index (κ2) is 11.2. The van der Waals surface area contributed by atoms with E-state index in [1.807, 2.05) is 0 Å². The zero-order chi connectivity index (χ0) is 31.0. The molecule has 2 N–H and O–H groups in total. The number of hydrogen-bond acceptors (Lipinski definition) is 5. The van der Waals surface area contributed by atoms with E-state index in [0.29, 0.717) is 5.69 Å². The first-order valence-electron chi connectivity index (χ1n) is 12.9. The largest absolute Gasteiger partial charge is 0.433 e. The second-order valence-electron chi connectivity index (χ2n) is 9.46. The van der Waals surface area contributed by atoms with E-state index >= 15 is 0 Å². The SMILES string of the molecule is O=C(Nc1cccc(-c2nn3c(C(F)(F)F)cccc3c2-c2ccnc(Nc3cccc(F)c3)n2)c1)c1c(F)cccc1F. The molecule has 3 aromatic heterocycles. The fourth-order valence-electron chi connectivity index (χ4n) is 4.64. The highest BCUT2D eigenvalue weighted by atomic mass is 19.4.